The van der Waals surface area contributed by atoms with Crippen LogP contribution in [0.5, 0.6) is 0 Å². The average molecular weight is 338 g/mol. The molecule has 0 saturated carbocycles. The third kappa shape index (κ3) is 5.51. The number of carbonyl (C=O) groups is 2. The van der Waals surface area contributed by atoms with Crippen molar-refractivity contribution in [3.8, 4) is 0 Å². The van der Waals surface area contributed by atoms with Crippen molar-refractivity contribution in [1.82, 2.24) is 5.06 Å². The van der Waals surface area contributed by atoms with E-state index in [0.29, 0.717) is 10.6 Å². The average Bonchev–Trinajstić information content (AvgIpc) is 2.48. The first-order chi connectivity index (χ1) is 10.6. The summed E-state index contributed by atoms with van der Waals surface area (Å²) in [5, 5.41) is 2.06. The minimum atomic E-state index is -5.20. The molecule has 130 valence electrons. The third-order valence-electron chi connectivity index (χ3n) is 2.52. The van der Waals surface area contributed by atoms with Crippen molar-refractivity contribution >= 4 is 17.5 Å². The molecule has 0 fully saturated rings. The maximum Gasteiger partial charge on any atom is 0.471 e. The van der Waals surface area contributed by atoms with Crippen molar-refractivity contribution in [3.63, 3.8) is 0 Å². The summed E-state index contributed by atoms with van der Waals surface area (Å²) in [6.45, 7) is 5.45. The van der Waals surface area contributed by atoms with Crippen molar-refractivity contribution in [2.24, 2.45) is 0 Å². The fourth-order valence-electron chi connectivity index (χ4n) is 1.47. The predicted molar refractivity (Wildman–Crippen MR) is 76.3 cm³/mol. The van der Waals surface area contributed by atoms with Gasteiger partial charge in [0.05, 0.1) is 18.4 Å². The summed E-state index contributed by atoms with van der Waals surface area (Å²) >= 11 is 0. The summed E-state index contributed by atoms with van der Waals surface area (Å²) < 4.78 is 50.5. The summed E-state index contributed by atoms with van der Waals surface area (Å²) in [4.78, 5) is 27.5. The van der Waals surface area contributed by atoms with E-state index in [9.17, 15) is 27.2 Å². The molecule has 9 heteroatoms. The lowest BCUT2D eigenvalue weighted by atomic mass is 10.1. The second kappa shape index (κ2) is 8.47. The van der Waals surface area contributed by atoms with Crippen molar-refractivity contribution in [2.75, 3.05) is 19.5 Å². The molecule has 0 aliphatic rings. The van der Waals surface area contributed by atoms with Gasteiger partial charge in [0.2, 0.25) is 0 Å². The van der Waals surface area contributed by atoms with E-state index in [1.807, 2.05) is 13.8 Å². The fraction of sp³-hybridized carbons (Fsp3) is 0.429. The third-order valence-corrected chi connectivity index (χ3v) is 2.52. The number of hydroxylamine groups is 2. The van der Waals surface area contributed by atoms with E-state index >= 15 is 0 Å². The Bertz CT molecular complexity index is 574. The molecule has 2 amide bonds. The molecule has 0 bridgehead atoms. The molecule has 1 aromatic carbocycles. The molecule has 1 rings (SSSR count). The molecule has 0 aliphatic heterocycles. The van der Waals surface area contributed by atoms with Gasteiger partial charge in [0.15, 0.2) is 0 Å². The van der Waals surface area contributed by atoms with E-state index < -0.39 is 35.1 Å². The number of hydrogen-bond acceptors (Lipinski definition) is 3. The molecule has 0 spiro atoms. The Morgan fingerprint density at radius 1 is 1.22 bits per heavy atom. The smallest absolute Gasteiger partial charge is 0.315 e. The Morgan fingerprint density at radius 3 is 2.17 bits per heavy atom. The molecule has 1 aromatic rings. The Labute approximate surface area is 131 Å². The quantitative estimate of drug-likeness (QED) is 0.680. The summed E-state index contributed by atoms with van der Waals surface area (Å²) in [5.41, 5.74) is -1.00. The number of alkyl halides is 3. The molecule has 5 nitrogen and oxygen atoms in total. The van der Waals surface area contributed by atoms with E-state index in [4.69, 9.17) is 0 Å². The Hall–Kier alpha value is -2.16. The van der Waals surface area contributed by atoms with Crippen LogP contribution >= 0.6 is 0 Å². The highest BCUT2D eigenvalue weighted by atomic mass is 19.4. The second-order valence-corrected chi connectivity index (χ2v) is 4.11. The van der Waals surface area contributed by atoms with Gasteiger partial charge in [-0.25, -0.2) is 9.45 Å². The molecule has 0 heterocycles. The molecule has 0 aromatic heterocycles. The zero-order valence-corrected chi connectivity index (χ0v) is 13.3. The van der Waals surface area contributed by atoms with Gasteiger partial charge in [-0.15, -0.1) is 0 Å². The number of carbonyl (C=O) groups excluding carboxylic acids is 2. The van der Waals surface area contributed by atoms with Crippen LogP contribution in [0.2, 0.25) is 0 Å². The first-order valence-corrected chi connectivity index (χ1v) is 6.58. The molecular weight excluding hydrogens is 320 g/mol. The number of amides is 2. The van der Waals surface area contributed by atoms with Gasteiger partial charge < -0.3 is 5.32 Å². The van der Waals surface area contributed by atoms with Crippen molar-refractivity contribution < 1.29 is 32.0 Å². The van der Waals surface area contributed by atoms with Crippen LogP contribution in [-0.4, -0.2) is 37.2 Å². The molecule has 0 atom stereocenters. The van der Waals surface area contributed by atoms with Gasteiger partial charge in [0.25, 0.3) is 5.91 Å². The first kappa shape index (κ1) is 20.8. The maximum atomic E-state index is 13.8. The topological polar surface area (TPSA) is 58.6 Å². The highest BCUT2D eigenvalue weighted by Gasteiger charge is 2.39. The molecule has 23 heavy (non-hydrogen) atoms. The summed E-state index contributed by atoms with van der Waals surface area (Å²) in [7, 11) is 2.34. The lowest BCUT2D eigenvalue weighted by Crippen LogP contribution is -2.32. The van der Waals surface area contributed by atoms with E-state index in [0.717, 1.165) is 19.2 Å². The van der Waals surface area contributed by atoms with Gasteiger partial charge in [-0.05, 0) is 24.6 Å². The van der Waals surface area contributed by atoms with Gasteiger partial charge in [-0.1, -0.05) is 13.8 Å². The summed E-state index contributed by atoms with van der Waals surface area (Å²) in [5.74, 6) is -4.43. The maximum absolute atomic E-state index is 13.8. The van der Waals surface area contributed by atoms with Crippen molar-refractivity contribution in [1.29, 1.82) is 0 Å². The number of hydrogen-bond donors (Lipinski definition) is 1. The number of halogens is 4. The highest BCUT2D eigenvalue weighted by molar-refractivity contribution is 6.04. The monoisotopic (exact) mass is 338 g/mol. The van der Waals surface area contributed by atoms with E-state index in [2.05, 4.69) is 4.84 Å². The minimum Gasteiger partial charge on any atom is -0.315 e. The van der Waals surface area contributed by atoms with Crippen LogP contribution in [0.15, 0.2) is 12.1 Å². The Balaban J connectivity index is 0.00000232. The predicted octanol–water partition coefficient (Wildman–Crippen LogP) is 3.29. The largest absolute Gasteiger partial charge is 0.471 e. The van der Waals surface area contributed by atoms with E-state index in [1.165, 1.54) is 19.3 Å². The fourth-order valence-corrected chi connectivity index (χ4v) is 1.47. The Kier molecular flexibility index (Phi) is 7.67. The highest BCUT2D eigenvalue weighted by Crippen LogP contribution is 2.26. The molecule has 1 N–H and O–H groups in total. The number of anilines is 1. The molecule has 0 aliphatic carbocycles. The molecule has 0 saturated heterocycles. The van der Waals surface area contributed by atoms with E-state index in [-0.39, 0.29) is 0 Å². The van der Waals surface area contributed by atoms with Crippen LogP contribution in [0.1, 0.15) is 29.8 Å². The summed E-state index contributed by atoms with van der Waals surface area (Å²) in [6.07, 6.45) is -5.20. The van der Waals surface area contributed by atoms with Gasteiger partial charge in [-0.2, -0.15) is 13.2 Å². The number of aryl methyl sites for hydroxylation is 1. The standard InChI is InChI=1S/C12H12F4N2O3.C2H6/c1-6-4-7(10(19)18(2)21-3)9(8(13)5-6)17-11(20)12(14,15)16;1-2/h4-5H,1-3H3,(H,17,20);1-2H3. The number of nitrogens with one attached hydrogen (secondary N) is 1. The number of rotatable bonds is 3. The van der Waals surface area contributed by atoms with Crippen LogP contribution < -0.4 is 5.32 Å². The van der Waals surface area contributed by atoms with Gasteiger partial charge in [0, 0.05) is 7.05 Å². The van der Waals surface area contributed by atoms with Gasteiger partial charge >= 0.3 is 12.1 Å². The normalized spacial score (nSPS) is 10.5. The van der Waals surface area contributed by atoms with Crippen molar-refractivity contribution in [2.45, 2.75) is 26.9 Å². The van der Waals surface area contributed by atoms with Crippen LogP contribution in [0.3, 0.4) is 0 Å². The Morgan fingerprint density at radius 2 is 1.74 bits per heavy atom. The number of benzene rings is 1. The number of nitrogens with zero attached hydrogens (tertiary/aromatic N) is 1. The van der Waals surface area contributed by atoms with Crippen molar-refractivity contribution in [3.05, 3.63) is 29.1 Å². The van der Waals surface area contributed by atoms with E-state index in [1.54, 1.807) is 0 Å². The molecular formula is C14H18F4N2O3. The molecule has 0 radical (unpaired) electrons. The minimum absolute atomic E-state index is 0.297. The lowest BCUT2D eigenvalue weighted by molar-refractivity contribution is -0.167. The van der Waals surface area contributed by atoms with Crippen LogP contribution in [0, 0.1) is 12.7 Å². The summed E-state index contributed by atoms with van der Waals surface area (Å²) in [6, 6.07) is 2.04. The van der Waals surface area contributed by atoms with Gasteiger partial charge in [0.1, 0.15) is 5.82 Å². The zero-order valence-electron chi connectivity index (χ0n) is 13.3. The van der Waals surface area contributed by atoms with Gasteiger partial charge in [-0.3, -0.25) is 14.4 Å². The van der Waals surface area contributed by atoms with Crippen LogP contribution in [0.4, 0.5) is 23.2 Å². The lowest BCUT2D eigenvalue weighted by Gasteiger charge is -2.18. The molecule has 0 unspecified atom stereocenters. The second-order valence-electron chi connectivity index (χ2n) is 4.11. The zero-order chi connectivity index (χ0) is 18.4. The van der Waals surface area contributed by atoms with Crippen LogP contribution in [-0.2, 0) is 9.63 Å². The van der Waals surface area contributed by atoms with Crippen LogP contribution in [0.25, 0.3) is 0 Å². The first-order valence-electron chi connectivity index (χ1n) is 6.58. The SMILES string of the molecule is CC.CON(C)C(=O)c1cc(C)cc(F)c1NC(=O)C(F)(F)F.